The fourth-order valence-electron chi connectivity index (χ4n) is 9.49. The molecule has 0 saturated carbocycles. The van der Waals surface area contributed by atoms with Gasteiger partial charge >= 0.3 is 7.12 Å². The van der Waals surface area contributed by atoms with Crippen LogP contribution in [0.25, 0.3) is 55.7 Å². The highest BCUT2D eigenvalue weighted by molar-refractivity contribution is 9.10. The van der Waals surface area contributed by atoms with Gasteiger partial charge in [-0.05, 0) is 89.3 Å². The number of benzene rings is 4. The van der Waals surface area contributed by atoms with Crippen LogP contribution in [0.1, 0.15) is 11.1 Å². The first-order chi connectivity index (χ1) is 39.7. The van der Waals surface area contributed by atoms with Crippen molar-refractivity contribution >= 4 is 84.7 Å². The molecule has 0 radical (unpaired) electrons. The van der Waals surface area contributed by atoms with Crippen LogP contribution in [0.2, 0.25) is 0 Å². The van der Waals surface area contributed by atoms with Gasteiger partial charge in [0, 0.05) is 104 Å². The average molecular weight is 1180 g/mol. The molecule has 6 aromatic heterocycles. The predicted molar refractivity (Wildman–Crippen MR) is 313 cm³/mol. The van der Waals surface area contributed by atoms with Gasteiger partial charge in [-0.15, -0.1) is 0 Å². The number of morpholine rings is 2. The van der Waals surface area contributed by atoms with Crippen LogP contribution < -0.4 is 25.9 Å². The summed E-state index contributed by atoms with van der Waals surface area (Å²) in [5.41, 5.74) is 8.00. The van der Waals surface area contributed by atoms with E-state index in [1.165, 1.54) is 30.3 Å². The van der Waals surface area contributed by atoms with Crippen molar-refractivity contribution in [2.45, 2.75) is 13.8 Å². The summed E-state index contributed by atoms with van der Waals surface area (Å²) < 4.78 is 70.4. The highest BCUT2D eigenvalue weighted by atomic mass is 79.9. The van der Waals surface area contributed by atoms with Gasteiger partial charge in [-0.2, -0.15) is 0 Å². The van der Waals surface area contributed by atoms with E-state index in [0.29, 0.717) is 112 Å². The Bertz CT molecular complexity index is 3930. The Morgan fingerprint density at radius 3 is 1.51 bits per heavy atom. The topological polar surface area (TPSA) is 207 Å². The van der Waals surface area contributed by atoms with Crippen LogP contribution in [-0.4, -0.2) is 110 Å². The van der Waals surface area contributed by atoms with E-state index in [9.17, 15) is 13.9 Å². The molecule has 4 aromatic carbocycles. The van der Waals surface area contributed by atoms with Gasteiger partial charge in [-0.3, -0.25) is 9.97 Å². The Hall–Kier alpha value is -8.80. The summed E-state index contributed by atoms with van der Waals surface area (Å²) in [6.45, 7) is 9.00. The van der Waals surface area contributed by atoms with Gasteiger partial charge in [0.05, 0.1) is 98.2 Å². The molecule has 2 aliphatic heterocycles. The van der Waals surface area contributed by atoms with Crippen molar-refractivity contribution in [2.24, 2.45) is 0 Å². The van der Waals surface area contributed by atoms with E-state index in [4.69, 9.17) is 29.6 Å². The van der Waals surface area contributed by atoms with Crippen molar-refractivity contribution < 1.29 is 47.3 Å². The summed E-state index contributed by atoms with van der Waals surface area (Å²) in [5, 5.41) is 43.4. The highest BCUT2D eigenvalue weighted by Crippen LogP contribution is 2.42. The minimum Gasteiger partial charge on any atom is -0.508 e. The van der Waals surface area contributed by atoms with Crippen molar-refractivity contribution in [3.63, 3.8) is 0 Å². The predicted octanol–water partition coefficient (Wildman–Crippen LogP) is 10.9. The Kier molecular flexibility index (Phi) is 17.5. The van der Waals surface area contributed by atoms with E-state index in [1.54, 1.807) is 61.2 Å². The van der Waals surface area contributed by atoms with Gasteiger partial charge in [0.15, 0.2) is 0 Å². The van der Waals surface area contributed by atoms with Gasteiger partial charge in [0.1, 0.15) is 46.4 Å². The minimum absolute atomic E-state index is 0.0330. The molecular weight excluding hydrogens is 1120 g/mol. The molecule has 6 N–H and O–H groups in total. The number of anilines is 6. The van der Waals surface area contributed by atoms with E-state index < -0.39 is 30.4 Å². The number of ether oxygens (including phenoxy) is 2. The molecule has 10 aromatic rings. The highest BCUT2D eigenvalue weighted by Gasteiger charge is 2.24. The third kappa shape index (κ3) is 12.9. The number of fused-ring (bicyclic) bond motifs is 2. The quantitative estimate of drug-likeness (QED) is 0.0556. The number of hydrogen-bond acceptors (Lipinski definition) is 16. The summed E-state index contributed by atoms with van der Waals surface area (Å²) in [4.78, 5) is 31.4. The summed E-state index contributed by atoms with van der Waals surface area (Å²) in [7, 11) is -1.51. The van der Waals surface area contributed by atoms with E-state index in [0.717, 1.165) is 42.4 Å². The van der Waals surface area contributed by atoms with Crippen LogP contribution in [-0.2, 0) is 9.47 Å². The second kappa shape index (κ2) is 25.3. The Balaban J connectivity index is 0.000000159. The minimum atomic E-state index is -1.51. The molecule has 0 bridgehead atoms. The number of aromatic hydroxyl groups is 2. The zero-order chi connectivity index (χ0) is 57.4. The second-order valence-electron chi connectivity index (χ2n) is 19.0. The number of pyridine rings is 6. The maximum atomic E-state index is 15.4. The number of rotatable bonds is 10. The summed E-state index contributed by atoms with van der Waals surface area (Å²) >= 11 is 3.54. The number of nitrogens with zero attached hydrogens (tertiary/aromatic N) is 8. The molecule has 22 heteroatoms. The van der Waals surface area contributed by atoms with E-state index in [1.807, 2.05) is 56.3 Å². The zero-order valence-corrected chi connectivity index (χ0v) is 45.7. The van der Waals surface area contributed by atoms with Gasteiger partial charge in [-0.25, -0.2) is 37.5 Å². The van der Waals surface area contributed by atoms with E-state index >= 15 is 8.78 Å². The molecule has 0 spiro atoms. The van der Waals surface area contributed by atoms with Crippen molar-refractivity contribution in [3.8, 4) is 45.4 Å². The standard InChI is InChI=1S/C30H25F2N5O2.C24H20BrF2N5O.C6H7BO3/c1-18-29(24-7-2-3-8-33-24)36-26-15-20(31)14-23(32)28(26)30(18)35-25-16-27(37-9-11-39-12-10-37)34-17-22(25)19-5-4-6-21(38)13-19;1-14-23(18-4-2-3-5-28-18)31-20-11-15(26)10-17(27)22(20)24(14)30-19-12-21(29-13-16(19)25)32-6-8-33-9-7-32;8-6-3-1-2-5(4-6)7(9)10/h2-8,13-17,38H,9-12H2,1H3,(H,34,35,36);2-5,10-13H,6-9H2,1H3,(H,29,30,31);1-4,8-10H. The lowest BCUT2D eigenvalue weighted by molar-refractivity contribution is 0.122. The van der Waals surface area contributed by atoms with Crippen LogP contribution in [0, 0.1) is 37.1 Å². The number of phenolic OH excluding ortho intramolecular Hbond substituents is 2. The summed E-state index contributed by atoms with van der Waals surface area (Å²) in [6.07, 6.45) is 6.75. The third-order valence-electron chi connectivity index (χ3n) is 13.6. The Morgan fingerprint density at radius 2 is 1.04 bits per heavy atom. The Morgan fingerprint density at radius 1 is 0.549 bits per heavy atom. The normalized spacial score (nSPS) is 13.2. The van der Waals surface area contributed by atoms with Crippen LogP contribution in [0.5, 0.6) is 11.5 Å². The van der Waals surface area contributed by atoms with Gasteiger partial charge in [0.25, 0.3) is 0 Å². The lowest BCUT2D eigenvalue weighted by atomic mass is 9.80. The van der Waals surface area contributed by atoms with Crippen LogP contribution in [0.15, 0.2) is 151 Å². The molecule has 0 amide bonds. The van der Waals surface area contributed by atoms with Crippen LogP contribution in [0.4, 0.5) is 51.9 Å². The fraction of sp³-hybridized carbons (Fsp3) is 0.167. The molecule has 12 rings (SSSR count). The molecule has 2 fully saturated rings. The first-order valence-electron chi connectivity index (χ1n) is 25.9. The molecule has 0 atom stereocenters. The number of nitrogens with one attached hydrogen (secondary N) is 2. The first-order valence-corrected chi connectivity index (χ1v) is 26.7. The molecule has 2 saturated heterocycles. The van der Waals surface area contributed by atoms with Gasteiger partial charge in [0.2, 0.25) is 0 Å². The molecule has 416 valence electrons. The number of phenols is 2. The first kappa shape index (κ1) is 56.5. The molecule has 0 unspecified atom stereocenters. The second-order valence-corrected chi connectivity index (χ2v) is 19.8. The largest absolute Gasteiger partial charge is 0.508 e. The van der Waals surface area contributed by atoms with Gasteiger partial charge in [-0.1, -0.05) is 36.4 Å². The Labute approximate surface area is 477 Å². The molecule has 8 heterocycles. The van der Waals surface area contributed by atoms with Gasteiger partial charge < -0.3 is 50.2 Å². The average Bonchev–Trinajstić information content (AvgIpc) is 3.68. The summed E-state index contributed by atoms with van der Waals surface area (Å²) in [6, 6.07) is 31.6. The molecular formula is C60H52BBrF4N10O6. The lowest BCUT2D eigenvalue weighted by Crippen LogP contribution is -2.36. The zero-order valence-electron chi connectivity index (χ0n) is 44.2. The maximum absolute atomic E-state index is 15.4. The maximum Gasteiger partial charge on any atom is 0.488 e. The van der Waals surface area contributed by atoms with Crippen molar-refractivity contribution in [1.82, 2.24) is 29.9 Å². The molecule has 2 aliphatic rings. The lowest BCUT2D eigenvalue weighted by Gasteiger charge is -2.28. The van der Waals surface area contributed by atoms with Crippen molar-refractivity contribution in [1.29, 1.82) is 0 Å². The van der Waals surface area contributed by atoms with Crippen LogP contribution >= 0.6 is 15.9 Å². The smallest absolute Gasteiger partial charge is 0.488 e. The van der Waals surface area contributed by atoms with Crippen molar-refractivity contribution in [3.05, 3.63) is 185 Å². The fourth-order valence-corrected chi connectivity index (χ4v) is 9.80. The van der Waals surface area contributed by atoms with Crippen molar-refractivity contribution in [2.75, 3.05) is 73.0 Å². The van der Waals surface area contributed by atoms with E-state index in [2.05, 4.69) is 61.3 Å². The number of halogens is 5. The summed E-state index contributed by atoms with van der Waals surface area (Å²) in [5.74, 6) is -1.15. The third-order valence-corrected chi connectivity index (χ3v) is 14.2. The molecule has 0 aliphatic carbocycles. The SMILES string of the molecule is Cc1c(-c2ccccn2)nc2cc(F)cc(F)c2c1Nc1cc(N2CCOCC2)ncc1-c1cccc(O)c1.Cc1c(-c2ccccn2)nc2cc(F)cc(F)c2c1Nc1cc(N2CCOCC2)ncc1Br.OB(O)c1cccc(O)c1. The molecule has 16 nitrogen and oxygen atoms in total. The monoisotopic (exact) mass is 1170 g/mol. The van der Waals surface area contributed by atoms with E-state index in [-0.39, 0.29) is 33.3 Å². The number of aromatic nitrogens is 6. The van der Waals surface area contributed by atoms with Crippen LogP contribution in [0.3, 0.4) is 0 Å². The number of hydrogen-bond donors (Lipinski definition) is 6. The molecule has 82 heavy (non-hydrogen) atoms.